The topological polar surface area (TPSA) is 54.9 Å². The Morgan fingerprint density at radius 3 is 2.50 bits per heavy atom. The molecule has 1 fully saturated rings. The molecule has 3 rings (SSSR count). The van der Waals surface area contributed by atoms with Crippen molar-refractivity contribution < 1.29 is 18.0 Å². The number of Topliss-reactive ketones (excluding diaryl/α,β-unsaturated/α-hetero) is 1. The first kappa shape index (κ1) is 20.5. The van der Waals surface area contributed by atoms with E-state index in [0.717, 1.165) is 18.7 Å². The second-order valence-electron chi connectivity index (χ2n) is 7.29. The van der Waals surface area contributed by atoms with Crippen molar-refractivity contribution >= 4 is 5.78 Å². The van der Waals surface area contributed by atoms with Gasteiger partial charge in [-0.25, -0.2) is 9.97 Å². The molecule has 1 aromatic heterocycles. The number of aryl methyl sites for hydroxylation is 1. The van der Waals surface area contributed by atoms with Crippen LogP contribution in [0.25, 0.3) is 11.3 Å². The molecule has 0 aliphatic heterocycles. The monoisotopic (exact) mass is 391 g/mol. The third-order valence-corrected chi connectivity index (χ3v) is 5.12. The molecule has 0 radical (unpaired) electrons. The number of carbonyl (C=O) groups is 1. The first-order valence-corrected chi connectivity index (χ1v) is 9.63. The van der Waals surface area contributed by atoms with E-state index in [1.165, 1.54) is 44.1 Å². The number of aromatic nitrogens is 2. The molecule has 0 bridgehead atoms. The molecule has 1 aliphatic rings. The van der Waals surface area contributed by atoms with Gasteiger partial charge in [-0.15, -0.1) is 0 Å². The van der Waals surface area contributed by atoms with Gasteiger partial charge in [0.2, 0.25) is 0 Å². The number of hydrogen-bond acceptors (Lipinski definition) is 4. The van der Waals surface area contributed by atoms with E-state index < -0.39 is 11.7 Å². The van der Waals surface area contributed by atoms with Crippen molar-refractivity contribution in [1.29, 1.82) is 0 Å². The number of carbonyl (C=O) groups excluding carboxylic acids is 1. The standard InChI is InChI=1S/C21H24F3N3O/c22-21(23,24)17-7-5-16(6-8-17)20-11-18(26-14-27-20)9-10-19(28)13-25-12-15-3-1-2-4-15/h5-8,11,14-15,25H,1-4,9-10,12-13H2. The van der Waals surface area contributed by atoms with Crippen molar-refractivity contribution in [1.82, 2.24) is 15.3 Å². The summed E-state index contributed by atoms with van der Waals surface area (Å²) in [5, 5.41) is 3.24. The Labute approximate surface area is 162 Å². The fourth-order valence-electron chi connectivity index (χ4n) is 3.51. The lowest BCUT2D eigenvalue weighted by atomic mass is 10.1. The molecule has 2 aromatic rings. The molecule has 0 amide bonds. The predicted molar refractivity (Wildman–Crippen MR) is 101 cm³/mol. The Morgan fingerprint density at radius 1 is 1.11 bits per heavy atom. The minimum Gasteiger partial charge on any atom is -0.310 e. The van der Waals surface area contributed by atoms with Gasteiger partial charge in [-0.05, 0) is 49.9 Å². The first-order chi connectivity index (χ1) is 13.4. The fourth-order valence-corrected chi connectivity index (χ4v) is 3.51. The van der Waals surface area contributed by atoms with Gasteiger partial charge in [-0.3, -0.25) is 4.79 Å². The Balaban J connectivity index is 1.51. The van der Waals surface area contributed by atoms with Gasteiger partial charge in [0.15, 0.2) is 0 Å². The third-order valence-electron chi connectivity index (χ3n) is 5.12. The van der Waals surface area contributed by atoms with E-state index in [1.807, 2.05) is 0 Å². The molecular weight excluding hydrogens is 367 g/mol. The molecule has 0 atom stereocenters. The van der Waals surface area contributed by atoms with Crippen LogP contribution in [0.4, 0.5) is 13.2 Å². The first-order valence-electron chi connectivity index (χ1n) is 9.63. The summed E-state index contributed by atoms with van der Waals surface area (Å²) in [7, 11) is 0. The zero-order valence-electron chi connectivity index (χ0n) is 15.6. The van der Waals surface area contributed by atoms with E-state index in [4.69, 9.17) is 0 Å². The lowest BCUT2D eigenvalue weighted by molar-refractivity contribution is -0.137. The minimum absolute atomic E-state index is 0.132. The maximum Gasteiger partial charge on any atom is 0.416 e. The van der Waals surface area contributed by atoms with E-state index in [9.17, 15) is 18.0 Å². The van der Waals surface area contributed by atoms with Crippen molar-refractivity contribution in [2.24, 2.45) is 5.92 Å². The second kappa shape index (κ2) is 9.28. The van der Waals surface area contributed by atoms with Crippen molar-refractivity contribution in [3.8, 4) is 11.3 Å². The average molecular weight is 391 g/mol. The van der Waals surface area contributed by atoms with Gasteiger partial charge in [0.05, 0.1) is 17.8 Å². The molecule has 150 valence electrons. The number of benzene rings is 1. The highest BCUT2D eigenvalue weighted by molar-refractivity contribution is 5.80. The van der Waals surface area contributed by atoms with Gasteiger partial charge in [0.25, 0.3) is 0 Å². The van der Waals surface area contributed by atoms with Gasteiger partial charge in [0, 0.05) is 17.7 Å². The fraction of sp³-hybridized carbons (Fsp3) is 0.476. The smallest absolute Gasteiger partial charge is 0.310 e. The van der Waals surface area contributed by atoms with Crippen LogP contribution >= 0.6 is 0 Å². The van der Waals surface area contributed by atoms with Crippen LogP contribution < -0.4 is 5.32 Å². The number of rotatable bonds is 8. The zero-order chi connectivity index (χ0) is 20.0. The Bertz CT molecular complexity index is 784. The second-order valence-corrected chi connectivity index (χ2v) is 7.29. The maximum atomic E-state index is 12.7. The van der Waals surface area contributed by atoms with Crippen LogP contribution in [0.5, 0.6) is 0 Å². The van der Waals surface area contributed by atoms with Gasteiger partial charge >= 0.3 is 6.18 Å². The molecule has 0 unspecified atom stereocenters. The molecule has 28 heavy (non-hydrogen) atoms. The molecule has 4 nitrogen and oxygen atoms in total. The van der Waals surface area contributed by atoms with Crippen molar-refractivity contribution in [2.45, 2.75) is 44.7 Å². The summed E-state index contributed by atoms with van der Waals surface area (Å²) in [4.78, 5) is 20.4. The van der Waals surface area contributed by atoms with Crippen LogP contribution in [0.2, 0.25) is 0 Å². The lowest BCUT2D eigenvalue weighted by Gasteiger charge is -2.10. The van der Waals surface area contributed by atoms with Crippen LogP contribution in [0, 0.1) is 5.92 Å². The van der Waals surface area contributed by atoms with E-state index in [1.54, 1.807) is 6.07 Å². The molecule has 1 heterocycles. The van der Waals surface area contributed by atoms with Crippen LogP contribution in [-0.2, 0) is 17.4 Å². The predicted octanol–water partition coefficient (Wildman–Crippen LogP) is 4.44. The van der Waals surface area contributed by atoms with Crippen molar-refractivity contribution in [3.63, 3.8) is 0 Å². The molecule has 0 saturated heterocycles. The summed E-state index contributed by atoms with van der Waals surface area (Å²) in [5.41, 5.74) is 1.14. The van der Waals surface area contributed by atoms with Crippen LogP contribution in [0.15, 0.2) is 36.7 Å². The number of halogens is 3. The van der Waals surface area contributed by atoms with Crippen LogP contribution in [0.1, 0.15) is 43.4 Å². The molecule has 7 heteroatoms. The van der Waals surface area contributed by atoms with Gasteiger partial charge < -0.3 is 5.32 Å². The van der Waals surface area contributed by atoms with Crippen LogP contribution in [0.3, 0.4) is 0 Å². The number of alkyl halides is 3. The zero-order valence-corrected chi connectivity index (χ0v) is 15.6. The Kier molecular flexibility index (Phi) is 6.78. The molecule has 0 spiro atoms. The third kappa shape index (κ3) is 5.86. The van der Waals surface area contributed by atoms with E-state index in [-0.39, 0.29) is 5.78 Å². The molecule has 1 N–H and O–H groups in total. The van der Waals surface area contributed by atoms with E-state index in [2.05, 4.69) is 15.3 Å². The summed E-state index contributed by atoms with van der Waals surface area (Å²) in [5.74, 6) is 0.827. The maximum absolute atomic E-state index is 12.7. The number of hydrogen-bond donors (Lipinski definition) is 1. The van der Waals surface area contributed by atoms with E-state index >= 15 is 0 Å². The highest BCUT2D eigenvalue weighted by Crippen LogP contribution is 2.30. The highest BCUT2D eigenvalue weighted by Gasteiger charge is 2.30. The Morgan fingerprint density at radius 2 is 1.82 bits per heavy atom. The van der Waals surface area contributed by atoms with Crippen LogP contribution in [-0.4, -0.2) is 28.8 Å². The van der Waals surface area contributed by atoms with Crippen molar-refractivity contribution in [2.75, 3.05) is 13.1 Å². The van der Waals surface area contributed by atoms with Gasteiger partial charge in [-0.1, -0.05) is 25.0 Å². The minimum atomic E-state index is -4.36. The van der Waals surface area contributed by atoms with Crippen molar-refractivity contribution in [3.05, 3.63) is 47.9 Å². The normalized spacial score (nSPS) is 15.1. The largest absolute Gasteiger partial charge is 0.416 e. The average Bonchev–Trinajstić information content (AvgIpc) is 3.19. The number of nitrogens with one attached hydrogen (secondary N) is 1. The van der Waals surface area contributed by atoms with E-state index in [0.29, 0.717) is 42.3 Å². The summed E-state index contributed by atoms with van der Waals surface area (Å²) in [6, 6.07) is 6.59. The number of ketones is 1. The molecule has 1 aliphatic carbocycles. The SMILES string of the molecule is O=C(CCc1cc(-c2ccc(C(F)(F)F)cc2)ncn1)CNCC1CCCC1. The molecule has 1 saturated carbocycles. The summed E-state index contributed by atoms with van der Waals surface area (Å²) in [6.45, 7) is 1.27. The molecular formula is C21H24F3N3O. The molecule has 1 aromatic carbocycles. The number of nitrogens with zero attached hydrogens (tertiary/aromatic N) is 2. The highest BCUT2D eigenvalue weighted by atomic mass is 19.4. The summed E-state index contributed by atoms with van der Waals surface area (Å²) >= 11 is 0. The lowest BCUT2D eigenvalue weighted by Crippen LogP contribution is -2.27. The summed E-state index contributed by atoms with van der Waals surface area (Å²) in [6.07, 6.45) is 2.95. The quantitative estimate of drug-likeness (QED) is 0.723. The van der Waals surface area contributed by atoms with Gasteiger partial charge in [-0.2, -0.15) is 13.2 Å². The van der Waals surface area contributed by atoms with Gasteiger partial charge in [0.1, 0.15) is 12.1 Å². The Hall–Kier alpha value is -2.28. The summed E-state index contributed by atoms with van der Waals surface area (Å²) < 4.78 is 38.0.